The third-order valence-electron chi connectivity index (χ3n) is 12.0. The normalized spacial score (nSPS) is 13.1. The minimum atomic E-state index is -1.13. The molecule has 0 N–H and O–H groups in total. The molecule has 0 aromatic heterocycles. The summed E-state index contributed by atoms with van der Waals surface area (Å²) in [6.45, 7) is 4.67. The number of carboxylic acid groups (broad SMARTS) is 1. The summed E-state index contributed by atoms with van der Waals surface area (Å²) in [6.07, 6.45) is 54.6. The maximum Gasteiger partial charge on any atom is 0.306 e. The van der Waals surface area contributed by atoms with Crippen molar-refractivity contribution in [2.24, 2.45) is 0 Å². The molecule has 0 heterocycles. The van der Waals surface area contributed by atoms with Crippen molar-refractivity contribution in [2.75, 3.05) is 41.0 Å². The van der Waals surface area contributed by atoms with Crippen LogP contribution in [0.15, 0.2) is 36.5 Å². The minimum absolute atomic E-state index is 0.0356. The van der Waals surface area contributed by atoms with Crippen LogP contribution in [0, 0.1) is 0 Å². The van der Waals surface area contributed by atoms with Crippen molar-refractivity contribution in [3.63, 3.8) is 0 Å². The van der Waals surface area contributed by atoms with Gasteiger partial charge in [0.25, 0.3) is 0 Å². The Kier molecular flexibility index (Phi) is 44.3. The number of unbranched alkanes of at least 4 members (excludes halogenated alkanes) is 29. The Morgan fingerprint density at radius 3 is 1.24 bits per heavy atom. The number of hydrogen-bond donors (Lipinski definition) is 0. The summed E-state index contributed by atoms with van der Waals surface area (Å²) in [5, 5.41) is 11.7. The first-order valence-electron chi connectivity index (χ1n) is 26.5. The van der Waals surface area contributed by atoms with E-state index in [1.54, 1.807) is 21.1 Å². The van der Waals surface area contributed by atoms with Gasteiger partial charge in [0.1, 0.15) is 12.6 Å². The van der Waals surface area contributed by atoms with E-state index in [4.69, 9.17) is 14.2 Å². The summed E-state index contributed by atoms with van der Waals surface area (Å²) < 4.78 is 17.2. The van der Waals surface area contributed by atoms with Gasteiger partial charge in [-0.25, -0.2) is 0 Å². The Bertz CT molecular complexity index is 1130. The molecular formula is C55H101NO7. The zero-order valence-electron chi connectivity index (χ0n) is 42.0. The molecule has 0 saturated heterocycles. The van der Waals surface area contributed by atoms with Crippen molar-refractivity contribution in [2.45, 2.75) is 257 Å². The molecule has 2 atom stereocenters. The molecule has 0 fully saturated rings. The molecular weight excluding hydrogens is 787 g/mol. The first kappa shape index (κ1) is 60.5. The zero-order chi connectivity index (χ0) is 46.3. The summed E-state index contributed by atoms with van der Waals surface area (Å²) in [6, 6.07) is -0.729. The largest absolute Gasteiger partial charge is 0.544 e. The van der Waals surface area contributed by atoms with Crippen molar-refractivity contribution in [1.29, 1.82) is 0 Å². The van der Waals surface area contributed by atoms with E-state index in [1.807, 2.05) is 0 Å². The number of rotatable bonds is 48. The average molecular weight is 888 g/mol. The van der Waals surface area contributed by atoms with E-state index in [0.717, 1.165) is 57.8 Å². The standard InChI is InChI=1S/C55H101NO7/c1-6-8-10-12-14-16-18-20-22-24-26-27-28-30-32-34-36-38-40-42-44-46-54(58)63-51(49-61-48-47-52(55(59)60)56(3,4)5)50-62-53(57)45-43-41-39-37-35-33-31-29-25-23-21-19-17-15-13-11-9-7-2/h23,25,27-29,31,51-52H,6-22,24,26,30,32-50H2,1-5H3/b25-23+,28-27+,31-29+. The molecule has 8 nitrogen and oxygen atoms in total. The summed E-state index contributed by atoms with van der Waals surface area (Å²) >= 11 is 0. The number of ether oxygens (including phenoxy) is 3. The van der Waals surface area contributed by atoms with Gasteiger partial charge in [-0.1, -0.05) is 198 Å². The van der Waals surface area contributed by atoms with E-state index in [0.29, 0.717) is 12.8 Å². The van der Waals surface area contributed by atoms with Crippen LogP contribution in [0.1, 0.15) is 245 Å². The highest BCUT2D eigenvalue weighted by molar-refractivity contribution is 5.70. The molecule has 368 valence electrons. The molecule has 0 aliphatic carbocycles. The lowest BCUT2D eigenvalue weighted by Gasteiger charge is -2.34. The number of carboxylic acids is 1. The van der Waals surface area contributed by atoms with Gasteiger partial charge in [0.15, 0.2) is 6.10 Å². The van der Waals surface area contributed by atoms with Crippen LogP contribution in [-0.4, -0.2) is 75.5 Å². The molecule has 0 rings (SSSR count). The second-order valence-electron chi connectivity index (χ2n) is 19.1. The first-order chi connectivity index (χ1) is 30.6. The van der Waals surface area contributed by atoms with Gasteiger partial charge in [0, 0.05) is 19.3 Å². The lowest BCUT2D eigenvalue weighted by Crippen LogP contribution is -2.55. The fraction of sp³-hybridized carbons (Fsp3) is 0.836. The van der Waals surface area contributed by atoms with Crippen LogP contribution >= 0.6 is 0 Å². The number of quaternary nitrogens is 1. The number of carbonyl (C=O) groups is 3. The van der Waals surface area contributed by atoms with Crippen molar-refractivity contribution in [3.8, 4) is 0 Å². The predicted octanol–water partition coefficient (Wildman–Crippen LogP) is 14.0. The van der Waals surface area contributed by atoms with Crippen LogP contribution in [0.25, 0.3) is 0 Å². The van der Waals surface area contributed by atoms with Gasteiger partial charge in [0.2, 0.25) is 0 Å². The summed E-state index contributed by atoms with van der Waals surface area (Å²) in [7, 11) is 5.41. The summed E-state index contributed by atoms with van der Waals surface area (Å²) in [4.78, 5) is 37.0. The van der Waals surface area contributed by atoms with E-state index >= 15 is 0 Å². The molecule has 2 unspecified atom stereocenters. The summed E-state index contributed by atoms with van der Waals surface area (Å²) in [5.41, 5.74) is 0. The van der Waals surface area contributed by atoms with Gasteiger partial charge < -0.3 is 28.6 Å². The second kappa shape index (κ2) is 46.1. The Balaban J connectivity index is 4.25. The van der Waals surface area contributed by atoms with E-state index in [9.17, 15) is 19.5 Å². The quantitative estimate of drug-likeness (QED) is 0.0197. The molecule has 0 bridgehead atoms. The van der Waals surface area contributed by atoms with Crippen LogP contribution < -0.4 is 5.11 Å². The highest BCUT2D eigenvalue weighted by Gasteiger charge is 2.25. The van der Waals surface area contributed by atoms with Crippen LogP contribution in [0.5, 0.6) is 0 Å². The molecule has 0 aliphatic rings. The molecule has 0 amide bonds. The van der Waals surface area contributed by atoms with E-state index < -0.39 is 18.1 Å². The SMILES string of the molecule is CCCCCCCCC/C=C/C=C/CCCCCCCC(=O)OCC(COCCC(C(=O)[O-])[N+](C)(C)C)OC(=O)CCCCCCCCC/C=C/CCCCCCCCCCCC. The maximum atomic E-state index is 12.8. The number of aliphatic carboxylic acids is 1. The van der Waals surface area contributed by atoms with Crippen LogP contribution in [0.4, 0.5) is 0 Å². The van der Waals surface area contributed by atoms with Crippen LogP contribution in [-0.2, 0) is 28.6 Å². The molecule has 0 aromatic carbocycles. The van der Waals surface area contributed by atoms with Gasteiger partial charge in [-0.3, -0.25) is 9.59 Å². The smallest absolute Gasteiger partial charge is 0.306 e. The van der Waals surface area contributed by atoms with Gasteiger partial charge in [-0.2, -0.15) is 0 Å². The second-order valence-corrected chi connectivity index (χ2v) is 19.1. The zero-order valence-corrected chi connectivity index (χ0v) is 42.0. The number of allylic oxidation sites excluding steroid dienone is 6. The van der Waals surface area contributed by atoms with Gasteiger partial charge >= 0.3 is 11.9 Å². The average Bonchev–Trinajstić information content (AvgIpc) is 3.24. The Hall–Kier alpha value is -2.45. The number of esters is 2. The fourth-order valence-corrected chi connectivity index (χ4v) is 7.88. The number of hydrogen-bond acceptors (Lipinski definition) is 7. The lowest BCUT2D eigenvalue weighted by atomic mass is 10.1. The van der Waals surface area contributed by atoms with Gasteiger partial charge in [-0.05, 0) is 64.2 Å². The van der Waals surface area contributed by atoms with E-state index in [1.165, 1.54) is 154 Å². The van der Waals surface area contributed by atoms with E-state index in [2.05, 4.69) is 50.3 Å². The highest BCUT2D eigenvalue weighted by atomic mass is 16.6. The summed E-state index contributed by atoms with van der Waals surface area (Å²) in [5.74, 6) is -1.75. The highest BCUT2D eigenvalue weighted by Crippen LogP contribution is 2.15. The van der Waals surface area contributed by atoms with Crippen molar-refractivity contribution < 1.29 is 38.2 Å². The van der Waals surface area contributed by atoms with Crippen LogP contribution in [0.2, 0.25) is 0 Å². The topological polar surface area (TPSA) is 102 Å². The molecule has 8 heteroatoms. The van der Waals surface area contributed by atoms with E-state index in [-0.39, 0.29) is 42.7 Å². The monoisotopic (exact) mass is 888 g/mol. The van der Waals surface area contributed by atoms with Crippen molar-refractivity contribution >= 4 is 17.9 Å². The first-order valence-corrected chi connectivity index (χ1v) is 26.5. The molecule has 63 heavy (non-hydrogen) atoms. The Morgan fingerprint density at radius 2 is 0.841 bits per heavy atom. The van der Waals surface area contributed by atoms with Crippen LogP contribution in [0.3, 0.4) is 0 Å². The van der Waals surface area contributed by atoms with Gasteiger partial charge in [0.05, 0.1) is 40.3 Å². The number of carbonyl (C=O) groups excluding carboxylic acids is 3. The third kappa shape index (κ3) is 44.5. The Labute approximate surface area is 389 Å². The molecule has 0 saturated carbocycles. The lowest BCUT2D eigenvalue weighted by molar-refractivity contribution is -0.889. The van der Waals surface area contributed by atoms with Gasteiger partial charge in [-0.15, -0.1) is 0 Å². The Morgan fingerprint density at radius 1 is 0.476 bits per heavy atom. The molecule has 0 radical (unpaired) electrons. The molecule has 0 aromatic rings. The molecule has 0 spiro atoms. The van der Waals surface area contributed by atoms with Crippen molar-refractivity contribution in [3.05, 3.63) is 36.5 Å². The van der Waals surface area contributed by atoms with Crippen molar-refractivity contribution in [1.82, 2.24) is 0 Å². The maximum absolute atomic E-state index is 12.8. The third-order valence-corrected chi connectivity index (χ3v) is 12.0. The fourth-order valence-electron chi connectivity index (χ4n) is 7.88. The predicted molar refractivity (Wildman–Crippen MR) is 263 cm³/mol. The number of likely N-dealkylation sites (N-methyl/N-ethyl adjacent to an activating group) is 1. The minimum Gasteiger partial charge on any atom is -0.544 e. The number of nitrogens with zero attached hydrogens (tertiary/aromatic N) is 1. The molecule has 0 aliphatic heterocycles.